The molecule has 2 saturated heterocycles. The Hall–Kier alpha value is -5.93. The molecule has 16 heteroatoms. The summed E-state index contributed by atoms with van der Waals surface area (Å²) in [4.78, 5) is 84.1. The standard InChI is InChI=1S/C41H52N6O10/c1-6-54-40(53)45-24-22-44(23-25-45)38(51)31(19-20-35(48)57-41(3,4)5)42-36(49)32-26-34(47(43-32)30-16-11-8-12-17-30)56-28(2)37(50)46-21-13-18-33(46)39(52)55-27-29-14-9-7-10-15-29/h7-12,14-17,26,28,31,33H,6,13,18-25,27H2,1-5H3,(H,42,49)/t28-,31+,33+/m1/s1. The van der Waals surface area contributed by atoms with Crippen molar-refractivity contribution in [1.29, 1.82) is 0 Å². The number of hydrogen-bond acceptors (Lipinski definition) is 11. The van der Waals surface area contributed by atoms with Crippen molar-refractivity contribution in [3.8, 4) is 11.6 Å². The molecule has 0 radical (unpaired) electrons. The summed E-state index contributed by atoms with van der Waals surface area (Å²) in [5, 5.41) is 7.26. The highest BCUT2D eigenvalue weighted by atomic mass is 16.6. The summed E-state index contributed by atoms with van der Waals surface area (Å²) >= 11 is 0. The van der Waals surface area contributed by atoms with E-state index >= 15 is 0 Å². The van der Waals surface area contributed by atoms with E-state index in [2.05, 4.69) is 10.4 Å². The van der Waals surface area contributed by atoms with Gasteiger partial charge in [-0.3, -0.25) is 19.2 Å². The Kier molecular flexibility index (Phi) is 14.3. The van der Waals surface area contributed by atoms with Gasteiger partial charge >= 0.3 is 18.0 Å². The van der Waals surface area contributed by atoms with Gasteiger partial charge in [0.2, 0.25) is 11.8 Å². The highest BCUT2D eigenvalue weighted by Gasteiger charge is 2.38. The molecule has 57 heavy (non-hydrogen) atoms. The second-order valence-electron chi connectivity index (χ2n) is 14.8. The molecule has 0 aliphatic carbocycles. The van der Waals surface area contributed by atoms with Crippen LogP contribution in [0.2, 0.25) is 0 Å². The fraction of sp³-hybridized carbons (Fsp3) is 0.488. The lowest BCUT2D eigenvalue weighted by Crippen LogP contribution is -2.56. The topological polar surface area (TPSA) is 179 Å². The molecule has 0 bridgehead atoms. The molecule has 1 N–H and O–H groups in total. The van der Waals surface area contributed by atoms with E-state index in [1.54, 1.807) is 58.9 Å². The van der Waals surface area contributed by atoms with Gasteiger partial charge < -0.3 is 39.0 Å². The molecule has 5 rings (SSSR count). The molecule has 1 aromatic heterocycles. The predicted molar refractivity (Wildman–Crippen MR) is 206 cm³/mol. The first-order valence-corrected chi connectivity index (χ1v) is 19.3. The number of hydrogen-bond donors (Lipinski definition) is 1. The third-order valence-electron chi connectivity index (χ3n) is 9.37. The smallest absolute Gasteiger partial charge is 0.409 e. The molecule has 0 spiro atoms. The van der Waals surface area contributed by atoms with Gasteiger partial charge in [-0.05, 0) is 71.6 Å². The molecular weight excluding hydrogens is 736 g/mol. The number of amides is 4. The van der Waals surface area contributed by atoms with Crippen LogP contribution >= 0.6 is 0 Å². The minimum absolute atomic E-state index is 0.0589. The van der Waals surface area contributed by atoms with Crippen LogP contribution in [0.4, 0.5) is 4.79 Å². The van der Waals surface area contributed by atoms with Crippen LogP contribution in [0.3, 0.4) is 0 Å². The summed E-state index contributed by atoms with van der Waals surface area (Å²) in [6.07, 6.45) is -0.696. The molecule has 0 unspecified atom stereocenters. The molecule has 306 valence electrons. The summed E-state index contributed by atoms with van der Waals surface area (Å²) < 4.78 is 23.7. The van der Waals surface area contributed by atoms with Crippen LogP contribution in [-0.4, -0.2) is 123 Å². The number of rotatable bonds is 14. The van der Waals surface area contributed by atoms with E-state index in [1.807, 2.05) is 36.4 Å². The summed E-state index contributed by atoms with van der Waals surface area (Å²) in [7, 11) is 0. The van der Waals surface area contributed by atoms with Gasteiger partial charge in [-0.25, -0.2) is 14.3 Å². The molecule has 2 fully saturated rings. The quantitative estimate of drug-likeness (QED) is 0.185. The number of aromatic nitrogens is 2. The average molecular weight is 789 g/mol. The van der Waals surface area contributed by atoms with Crippen LogP contribution < -0.4 is 10.1 Å². The number of piperazine rings is 1. The zero-order valence-electron chi connectivity index (χ0n) is 33.2. The Bertz CT molecular complexity index is 1870. The number of benzene rings is 2. The Morgan fingerprint density at radius 2 is 1.51 bits per heavy atom. The van der Waals surface area contributed by atoms with E-state index in [-0.39, 0.29) is 63.8 Å². The van der Waals surface area contributed by atoms with Crippen LogP contribution in [0.15, 0.2) is 66.7 Å². The first-order chi connectivity index (χ1) is 27.2. The number of carbonyl (C=O) groups excluding carboxylic acids is 6. The van der Waals surface area contributed by atoms with Crippen molar-refractivity contribution in [2.45, 2.75) is 90.7 Å². The van der Waals surface area contributed by atoms with E-state index in [4.69, 9.17) is 18.9 Å². The summed E-state index contributed by atoms with van der Waals surface area (Å²) in [6, 6.07) is 17.6. The van der Waals surface area contributed by atoms with Crippen LogP contribution in [0.5, 0.6) is 5.88 Å². The highest BCUT2D eigenvalue weighted by Crippen LogP contribution is 2.25. The summed E-state index contributed by atoms with van der Waals surface area (Å²) in [6.45, 7) is 10.0. The van der Waals surface area contributed by atoms with Gasteiger partial charge in [-0.2, -0.15) is 5.10 Å². The van der Waals surface area contributed by atoms with Crippen LogP contribution in [-0.2, 0) is 40.0 Å². The lowest BCUT2D eigenvalue weighted by atomic mass is 10.1. The van der Waals surface area contributed by atoms with E-state index in [0.717, 1.165) is 5.56 Å². The van der Waals surface area contributed by atoms with E-state index in [1.165, 1.54) is 25.4 Å². The average Bonchev–Trinajstić information content (AvgIpc) is 3.86. The van der Waals surface area contributed by atoms with Crippen molar-refractivity contribution in [3.63, 3.8) is 0 Å². The maximum atomic E-state index is 13.9. The zero-order valence-corrected chi connectivity index (χ0v) is 33.2. The summed E-state index contributed by atoms with van der Waals surface area (Å²) in [5.74, 6) is -2.55. The second-order valence-corrected chi connectivity index (χ2v) is 14.8. The number of nitrogens with one attached hydrogen (secondary N) is 1. The Labute approximate surface area is 332 Å². The lowest BCUT2D eigenvalue weighted by Gasteiger charge is -2.36. The molecule has 16 nitrogen and oxygen atoms in total. The molecule has 0 saturated carbocycles. The van der Waals surface area contributed by atoms with Gasteiger partial charge in [0.15, 0.2) is 11.8 Å². The molecule has 3 heterocycles. The fourth-order valence-electron chi connectivity index (χ4n) is 6.57. The largest absolute Gasteiger partial charge is 0.464 e. The van der Waals surface area contributed by atoms with Crippen molar-refractivity contribution in [2.75, 3.05) is 39.3 Å². The number of ether oxygens (including phenoxy) is 4. The molecule has 2 aliphatic heterocycles. The normalized spacial score (nSPS) is 16.6. The van der Waals surface area contributed by atoms with E-state index in [9.17, 15) is 28.8 Å². The number of likely N-dealkylation sites (tertiary alicyclic amines) is 1. The number of carbonyl (C=O) groups is 6. The van der Waals surface area contributed by atoms with E-state index in [0.29, 0.717) is 25.1 Å². The van der Waals surface area contributed by atoms with Gasteiger partial charge in [0, 0.05) is 45.2 Å². The monoisotopic (exact) mass is 788 g/mol. The molecule has 3 aromatic rings. The van der Waals surface area contributed by atoms with Gasteiger partial charge in [0.25, 0.3) is 11.8 Å². The first kappa shape index (κ1) is 42.2. The molecular formula is C41H52N6O10. The minimum Gasteiger partial charge on any atom is -0.464 e. The van der Waals surface area contributed by atoms with E-state index < -0.39 is 59.5 Å². The van der Waals surface area contributed by atoms with Crippen molar-refractivity contribution in [2.24, 2.45) is 0 Å². The van der Waals surface area contributed by atoms with Crippen molar-refractivity contribution < 1.29 is 47.7 Å². The number of nitrogens with zero attached hydrogens (tertiary/aromatic N) is 5. The van der Waals surface area contributed by atoms with Gasteiger partial charge in [0.05, 0.1) is 12.3 Å². The van der Waals surface area contributed by atoms with Crippen molar-refractivity contribution >= 4 is 35.8 Å². The van der Waals surface area contributed by atoms with Gasteiger partial charge in [0.1, 0.15) is 24.3 Å². The summed E-state index contributed by atoms with van der Waals surface area (Å²) in [5.41, 5.74) is 0.509. The molecule has 2 aliphatic rings. The highest BCUT2D eigenvalue weighted by molar-refractivity contribution is 5.96. The first-order valence-electron chi connectivity index (χ1n) is 19.3. The van der Waals surface area contributed by atoms with Crippen molar-refractivity contribution in [1.82, 2.24) is 29.8 Å². The second kappa shape index (κ2) is 19.3. The van der Waals surface area contributed by atoms with Crippen LogP contribution in [0, 0.1) is 0 Å². The third-order valence-corrected chi connectivity index (χ3v) is 9.37. The Morgan fingerprint density at radius 1 is 0.860 bits per heavy atom. The Balaban J connectivity index is 1.31. The minimum atomic E-state index is -1.14. The maximum Gasteiger partial charge on any atom is 0.409 e. The lowest BCUT2D eigenvalue weighted by molar-refractivity contribution is -0.156. The third kappa shape index (κ3) is 11.6. The molecule has 2 aromatic carbocycles. The Morgan fingerprint density at radius 3 is 2.16 bits per heavy atom. The van der Waals surface area contributed by atoms with Crippen molar-refractivity contribution in [3.05, 3.63) is 78.0 Å². The SMILES string of the molecule is CCOC(=O)N1CCN(C(=O)[C@H](CCC(=O)OC(C)(C)C)NC(=O)c2cc(O[C@H](C)C(=O)N3CCC[C@H]3C(=O)OCc3ccccc3)n(-c3ccccc3)n2)CC1. The molecule has 3 atom stereocenters. The van der Waals surface area contributed by atoms with Crippen LogP contribution in [0.1, 0.15) is 76.4 Å². The maximum absolute atomic E-state index is 13.9. The predicted octanol–water partition coefficient (Wildman–Crippen LogP) is 3.90. The number of para-hydroxylation sites is 1. The number of esters is 2. The van der Waals surface area contributed by atoms with Crippen LogP contribution in [0.25, 0.3) is 5.69 Å². The fourth-order valence-corrected chi connectivity index (χ4v) is 6.57. The van der Waals surface area contributed by atoms with Gasteiger partial charge in [-0.15, -0.1) is 0 Å². The zero-order chi connectivity index (χ0) is 41.1. The molecule has 4 amide bonds. The van der Waals surface area contributed by atoms with Gasteiger partial charge in [-0.1, -0.05) is 48.5 Å².